The van der Waals surface area contributed by atoms with Gasteiger partial charge in [-0.15, -0.1) is 0 Å². The van der Waals surface area contributed by atoms with Crippen LogP contribution in [0.4, 0.5) is 0 Å². The van der Waals surface area contributed by atoms with Gasteiger partial charge in [-0.1, -0.05) is 12.1 Å². The average Bonchev–Trinajstić information content (AvgIpc) is 3.31. The van der Waals surface area contributed by atoms with Crippen LogP contribution in [0, 0.1) is 13.8 Å². The second-order valence-corrected chi connectivity index (χ2v) is 7.52. The zero-order chi connectivity index (χ0) is 24.0. The molecule has 2 heterocycles. The average molecular weight is 456 g/mol. The molecule has 3 N–H and O–H groups in total. The predicted octanol–water partition coefficient (Wildman–Crippen LogP) is 1.83. The predicted molar refractivity (Wildman–Crippen MR) is 120 cm³/mol. The molecule has 0 unspecified atom stereocenters. The van der Waals surface area contributed by atoms with Gasteiger partial charge in [-0.2, -0.15) is 4.98 Å². The highest BCUT2D eigenvalue weighted by Crippen LogP contribution is 2.36. The fourth-order valence-electron chi connectivity index (χ4n) is 3.23. The number of amides is 1. The number of carbonyl (C=O) groups is 1. The van der Waals surface area contributed by atoms with Crippen molar-refractivity contribution in [3.63, 3.8) is 0 Å². The number of aryl methyl sites for hydroxylation is 3. The first kappa shape index (κ1) is 24.1. The first-order valence-corrected chi connectivity index (χ1v) is 10.5. The lowest BCUT2D eigenvalue weighted by molar-refractivity contribution is -0.124. The van der Waals surface area contributed by atoms with Crippen molar-refractivity contribution in [2.24, 2.45) is 0 Å². The van der Waals surface area contributed by atoms with Gasteiger partial charge in [-0.3, -0.25) is 9.78 Å². The van der Waals surface area contributed by atoms with Crippen molar-refractivity contribution in [3.8, 4) is 34.3 Å². The highest BCUT2D eigenvalue weighted by Gasteiger charge is 2.18. The Morgan fingerprint density at radius 3 is 2.67 bits per heavy atom. The first-order chi connectivity index (χ1) is 15.8. The lowest BCUT2D eigenvalue weighted by Crippen LogP contribution is -2.36. The molecule has 3 aromatic rings. The van der Waals surface area contributed by atoms with E-state index in [0.717, 1.165) is 28.9 Å². The summed E-state index contributed by atoms with van der Waals surface area (Å²) in [7, 11) is 1.51. The smallest absolute Gasteiger partial charge is 0.258 e. The van der Waals surface area contributed by atoms with Crippen LogP contribution >= 0.6 is 0 Å². The third kappa shape index (κ3) is 6.05. The highest BCUT2D eigenvalue weighted by atomic mass is 16.5. The maximum absolute atomic E-state index is 11.1. The van der Waals surface area contributed by atoms with E-state index in [4.69, 9.17) is 19.1 Å². The fourth-order valence-corrected chi connectivity index (χ4v) is 3.23. The Morgan fingerprint density at radius 1 is 1.18 bits per heavy atom. The van der Waals surface area contributed by atoms with E-state index in [1.165, 1.54) is 7.11 Å². The Hall–Kier alpha value is -3.50. The van der Waals surface area contributed by atoms with Crippen LogP contribution in [-0.4, -0.2) is 64.2 Å². The summed E-state index contributed by atoms with van der Waals surface area (Å²) in [5.74, 6) is 1.12. The maximum Gasteiger partial charge on any atom is 0.258 e. The largest absolute Gasteiger partial charge is 0.493 e. The number of hydrogen-bond donors (Lipinski definition) is 3. The molecule has 0 bridgehead atoms. The summed E-state index contributed by atoms with van der Waals surface area (Å²) >= 11 is 0. The molecule has 0 aliphatic carbocycles. The number of hydrogen-bond acceptors (Lipinski definition) is 9. The maximum atomic E-state index is 11.1. The molecular formula is C23H28N4O6. The van der Waals surface area contributed by atoms with Gasteiger partial charge < -0.3 is 29.5 Å². The van der Waals surface area contributed by atoms with Gasteiger partial charge in [0.2, 0.25) is 11.7 Å². The van der Waals surface area contributed by atoms with Crippen LogP contribution in [-0.2, 0) is 11.2 Å². The molecule has 1 aromatic carbocycles. The Morgan fingerprint density at radius 2 is 1.97 bits per heavy atom. The number of rotatable bonds is 10. The number of aliphatic hydroxyl groups excluding tert-OH is 2. The third-order valence-electron chi connectivity index (χ3n) is 4.86. The Kier molecular flexibility index (Phi) is 7.96. The summed E-state index contributed by atoms with van der Waals surface area (Å²) in [6.07, 6.45) is -0.156. The van der Waals surface area contributed by atoms with Crippen molar-refractivity contribution in [1.29, 1.82) is 0 Å². The van der Waals surface area contributed by atoms with Crippen molar-refractivity contribution in [2.75, 3.05) is 26.9 Å². The normalized spacial score (nSPS) is 11.8. The van der Waals surface area contributed by atoms with Crippen molar-refractivity contribution in [3.05, 3.63) is 41.2 Å². The lowest BCUT2D eigenvalue weighted by atomic mass is 10.1. The number of pyridine rings is 1. The topological polar surface area (TPSA) is 140 Å². The molecule has 2 aromatic heterocycles. The van der Waals surface area contributed by atoms with Gasteiger partial charge >= 0.3 is 0 Å². The van der Waals surface area contributed by atoms with Gasteiger partial charge in [0.05, 0.1) is 7.11 Å². The van der Waals surface area contributed by atoms with E-state index < -0.39 is 18.6 Å². The monoisotopic (exact) mass is 456 g/mol. The van der Waals surface area contributed by atoms with Gasteiger partial charge in [0.1, 0.15) is 19.3 Å². The van der Waals surface area contributed by atoms with E-state index in [1.807, 2.05) is 39.0 Å². The van der Waals surface area contributed by atoms with Gasteiger partial charge in [-0.25, -0.2) is 0 Å². The molecule has 0 radical (unpaired) electrons. The standard InChI is InChI=1S/C23H28N4O6/c1-5-17-8-16(7-14(3)25-17)23-26-22(27-33-23)15-6-13(2)21(19(9-15)31-4)32-12-18(29)10-24-20(30)11-28/h6-9,18,28-29H,5,10-12H2,1-4H3,(H,24,30)/t18-/m0/s1. The molecule has 0 spiro atoms. The van der Waals surface area contributed by atoms with Crippen LogP contribution in [0.15, 0.2) is 28.8 Å². The lowest BCUT2D eigenvalue weighted by Gasteiger charge is -2.17. The highest BCUT2D eigenvalue weighted by molar-refractivity contribution is 5.76. The molecule has 1 amide bonds. The summed E-state index contributed by atoms with van der Waals surface area (Å²) < 4.78 is 16.7. The van der Waals surface area contributed by atoms with E-state index in [0.29, 0.717) is 28.8 Å². The van der Waals surface area contributed by atoms with E-state index in [9.17, 15) is 9.90 Å². The molecule has 10 heteroatoms. The molecule has 1 atom stereocenters. The van der Waals surface area contributed by atoms with Crippen LogP contribution in [0.2, 0.25) is 0 Å². The van der Waals surface area contributed by atoms with Gasteiger partial charge in [0, 0.05) is 29.1 Å². The van der Waals surface area contributed by atoms with E-state index in [-0.39, 0.29) is 13.2 Å². The molecule has 3 rings (SSSR count). The first-order valence-electron chi connectivity index (χ1n) is 10.5. The van der Waals surface area contributed by atoms with Crippen molar-refractivity contribution in [1.82, 2.24) is 20.4 Å². The van der Waals surface area contributed by atoms with Crippen LogP contribution in [0.5, 0.6) is 11.5 Å². The number of aromatic nitrogens is 3. The SMILES string of the molecule is CCc1cc(-c2nc(-c3cc(C)c(OC[C@@H](O)CNC(=O)CO)c(OC)c3)no2)cc(C)n1. The van der Waals surface area contributed by atoms with Gasteiger partial charge in [0.25, 0.3) is 5.89 Å². The summed E-state index contributed by atoms with van der Waals surface area (Å²) in [6, 6.07) is 7.39. The number of nitrogens with one attached hydrogen (secondary N) is 1. The number of aliphatic hydroxyl groups is 2. The minimum Gasteiger partial charge on any atom is -0.493 e. The zero-order valence-electron chi connectivity index (χ0n) is 19.1. The quantitative estimate of drug-likeness (QED) is 0.417. The summed E-state index contributed by atoms with van der Waals surface area (Å²) in [4.78, 5) is 20.1. The summed E-state index contributed by atoms with van der Waals surface area (Å²) in [5, 5.41) is 25.2. The molecule has 10 nitrogen and oxygen atoms in total. The van der Waals surface area contributed by atoms with E-state index in [2.05, 4.69) is 20.4 Å². The third-order valence-corrected chi connectivity index (χ3v) is 4.86. The number of methoxy groups -OCH3 is 1. The Balaban J connectivity index is 1.79. The van der Waals surface area contributed by atoms with E-state index >= 15 is 0 Å². The van der Waals surface area contributed by atoms with E-state index in [1.54, 1.807) is 6.07 Å². The van der Waals surface area contributed by atoms with Gasteiger partial charge in [0.15, 0.2) is 11.5 Å². The van der Waals surface area contributed by atoms with Crippen molar-refractivity contribution < 1.29 is 29.0 Å². The number of benzene rings is 1. The number of nitrogens with zero attached hydrogens (tertiary/aromatic N) is 3. The minimum atomic E-state index is -0.958. The minimum absolute atomic E-state index is 0.0430. The molecule has 33 heavy (non-hydrogen) atoms. The summed E-state index contributed by atoms with van der Waals surface area (Å²) in [5.41, 5.74) is 4.06. The molecule has 0 aliphatic heterocycles. The van der Waals surface area contributed by atoms with Crippen LogP contribution in [0.25, 0.3) is 22.8 Å². The molecule has 0 saturated heterocycles. The second kappa shape index (κ2) is 10.9. The summed E-state index contributed by atoms with van der Waals surface area (Å²) in [6.45, 7) is 5.04. The second-order valence-electron chi connectivity index (χ2n) is 7.52. The van der Waals surface area contributed by atoms with Crippen LogP contribution < -0.4 is 14.8 Å². The van der Waals surface area contributed by atoms with Crippen LogP contribution in [0.3, 0.4) is 0 Å². The molecule has 176 valence electrons. The molecule has 0 aliphatic rings. The Bertz CT molecular complexity index is 1110. The van der Waals surface area contributed by atoms with Gasteiger partial charge in [-0.05, 0) is 50.1 Å². The fraction of sp³-hybridized carbons (Fsp3) is 0.391. The molecule has 0 fully saturated rings. The zero-order valence-corrected chi connectivity index (χ0v) is 19.1. The number of ether oxygens (including phenoxy) is 2. The van der Waals surface area contributed by atoms with Crippen molar-refractivity contribution in [2.45, 2.75) is 33.3 Å². The van der Waals surface area contributed by atoms with Crippen molar-refractivity contribution >= 4 is 5.91 Å². The molecular weight excluding hydrogens is 428 g/mol. The number of carbonyl (C=O) groups excluding carboxylic acids is 1. The Labute approximate surface area is 191 Å². The molecule has 0 saturated carbocycles. The van der Waals surface area contributed by atoms with Crippen LogP contribution in [0.1, 0.15) is 23.9 Å².